The van der Waals surface area contributed by atoms with Crippen LogP contribution in [0.1, 0.15) is 30.5 Å². The number of amides is 1. The lowest BCUT2D eigenvalue weighted by Gasteiger charge is -2.15. The van der Waals surface area contributed by atoms with Crippen LogP contribution in [0.4, 0.5) is 5.69 Å². The molecule has 0 aliphatic carbocycles. The molecule has 0 unspecified atom stereocenters. The van der Waals surface area contributed by atoms with Gasteiger partial charge in [0.25, 0.3) is 5.91 Å². The fourth-order valence-corrected chi connectivity index (χ4v) is 2.95. The number of halogens is 1. The number of nitrogens with two attached hydrogens (primary N) is 1. The second-order valence-electron chi connectivity index (χ2n) is 6.34. The predicted molar refractivity (Wildman–Crippen MR) is 107 cm³/mol. The Morgan fingerprint density at radius 2 is 1.76 bits per heavy atom. The van der Waals surface area contributed by atoms with Crippen LogP contribution in [-0.4, -0.2) is 26.5 Å². The fraction of sp³-hybridized carbons (Fsp3) is 0.350. The van der Waals surface area contributed by atoms with Gasteiger partial charge in [0.1, 0.15) is 6.04 Å². The van der Waals surface area contributed by atoms with E-state index in [-0.39, 0.29) is 5.91 Å². The number of quaternary nitrogens is 1. The van der Waals surface area contributed by atoms with Gasteiger partial charge < -0.3 is 15.5 Å². The summed E-state index contributed by atoms with van der Waals surface area (Å²) in [7, 11) is 4.03. The SMILES string of the molecule is CC[C@H]([NH2+]CC(=O)NCc1ccc(N(C)C)cc1)c1ccc(Br)cc1. The second kappa shape index (κ2) is 9.59. The Morgan fingerprint density at radius 1 is 1.12 bits per heavy atom. The number of hydrogen-bond acceptors (Lipinski definition) is 2. The third-order valence-corrected chi connectivity index (χ3v) is 4.80. The summed E-state index contributed by atoms with van der Waals surface area (Å²) in [6.07, 6.45) is 0.987. The summed E-state index contributed by atoms with van der Waals surface area (Å²) in [5, 5.41) is 5.10. The summed E-state index contributed by atoms with van der Waals surface area (Å²) in [6, 6.07) is 16.8. The molecule has 0 radical (unpaired) electrons. The third-order valence-electron chi connectivity index (χ3n) is 4.27. The van der Waals surface area contributed by atoms with Crippen molar-refractivity contribution in [1.29, 1.82) is 0 Å². The molecule has 3 N–H and O–H groups in total. The third kappa shape index (κ3) is 6.18. The number of rotatable bonds is 8. The maximum atomic E-state index is 12.1. The largest absolute Gasteiger partial charge is 0.378 e. The lowest BCUT2D eigenvalue weighted by molar-refractivity contribution is -0.686. The molecule has 0 aliphatic heterocycles. The van der Waals surface area contributed by atoms with E-state index in [1.807, 2.05) is 26.2 Å². The van der Waals surface area contributed by atoms with E-state index in [1.165, 1.54) is 5.56 Å². The number of carbonyl (C=O) groups is 1. The summed E-state index contributed by atoms with van der Waals surface area (Å²) in [4.78, 5) is 14.2. The quantitative estimate of drug-likeness (QED) is 0.710. The van der Waals surface area contributed by atoms with Crippen LogP contribution in [0.5, 0.6) is 0 Å². The zero-order chi connectivity index (χ0) is 18.2. The highest BCUT2D eigenvalue weighted by Gasteiger charge is 2.14. The van der Waals surface area contributed by atoms with Crippen LogP contribution < -0.4 is 15.5 Å². The molecule has 2 aromatic carbocycles. The molecule has 0 fully saturated rings. The molecule has 0 aromatic heterocycles. The summed E-state index contributed by atoms with van der Waals surface area (Å²) in [5.41, 5.74) is 3.51. The minimum Gasteiger partial charge on any atom is -0.378 e. The Bertz CT molecular complexity index is 668. The van der Waals surface area contributed by atoms with Gasteiger partial charge in [-0.05, 0) is 29.8 Å². The number of benzene rings is 2. The molecule has 1 atom stereocenters. The molecule has 0 bridgehead atoms. The first-order valence-electron chi connectivity index (χ1n) is 8.61. The summed E-state index contributed by atoms with van der Waals surface area (Å²) >= 11 is 3.46. The Labute approximate surface area is 158 Å². The Balaban J connectivity index is 1.80. The molecule has 0 heterocycles. The van der Waals surface area contributed by atoms with Crippen molar-refractivity contribution in [3.05, 3.63) is 64.1 Å². The molecule has 134 valence electrons. The molecule has 0 saturated heterocycles. The van der Waals surface area contributed by atoms with Crippen LogP contribution in [0.25, 0.3) is 0 Å². The minimum absolute atomic E-state index is 0.0623. The van der Waals surface area contributed by atoms with Crippen LogP contribution in [-0.2, 0) is 11.3 Å². The second-order valence-corrected chi connectivity index (χ2v) is 7.26. The van der Waals surface area contributed by atoms with E-state index in [4.69, 9.17) is 0 Å². The van der Waals surface area contributed by atoms with Crippen molar-refractivity contribution in [3.63, 3.8) is 0 Å². The molecule has 2 aromatic rings. The normalized spacial score (nSPS) is 11.8. The van der Waals surface area contributed by atoms with Gasteiger partial charge in [0.15, 0.2) is 6.54 Å². The zero-order valence-corrected chi connectivity index (χ0v) is 16.7. The number of carbonyl (C=O) groups excluding carboxylic acids is 1. The van der Waals surface area contributed by atoms with Crippen molar-refractivity contribution in [2.24, 2.45) is 0 Å². The van der Waals surface area contributed by atoms with Crippen molar-refractivity contribution in [2.45, 2.75) is 25.9 Å². The fourth-order valence-electron chi connectivity index (χ4n) is 2.68. The molecule has 1 amide bonds. The van der Waals surface area contributed by atoms with Gasteiger partial charge in [-0.25, -0.2) is 0 Å². The van der Waals surface area contributed by atoms with Crippen molar-refractivity contribution in [2.75, 3.05) is 25.5 Å². The smallest absolute Gasteiger partial charge is 0.275 e. The summed E-state index contributed by atoms with van der Waals surface area (Å²) in [5.74, 6) is 0.0623. The van der Waals surface area contributed by atoms with Gasteiger partial charge in [-0.2, -0.15) is 0 Å². The van der Waals surface area contributed by atoms with Crippen molar-refractivity contribution in [3.8, 4) is 0 Å². The van der Waals surface area contributed by atoms with Crippen molar-refractivity contribution < 1.29 is 10.1 Å². The molecular weight excluding hydrogens is 378 g/mol. The van der Waals surface area contributed by atoms with Crippen LogP contribution in [0.3, 0.4) is 0 Å². The van der Waals surface area contributed by atoms with E-state index in [9.17, 15) is 4.79 Å². The summed E-state index contributed by atoms with van der Waals surface area (Å²) in [6.45, 7) is 3.15. The maximum Gasteiger partial charge on any atom is 0.275 e. The number of nitrogens with one attached hydrogen (secondary N) is 1. The topological polar surface area (TPSA) is 49.0 Å². The standard InChI is InChI=1S/C20H26BrN3O/c1-4-19(16-7-9-17(21)10-8-16)22-14-20(25)23-13-15-5-11-18(12-6-15)24(2)3/h5-12,19,22H,4,13-14H2,1-3H3,(H,23,25)/p+1/t19-/m0/s1. The van der Waals surface area contributed by atoms with Crippen LogP contribution in [0.2, 0.25) is 0 Å². The van der Waals surface area contributed by atoms with Gasteiger partial charge in [-0.15, -0.1) is 0 Å². The van der Waals surface area contributed by atoms with Crippen molar-refractivity contribution in [1.82, 2.24) is 5.32 Å². The Hall–Kier alpha value is -1.85. The highest BCUT2D eigenvalue weighted by Crippen LogP contribution is 2.16. The first kappa shape index (κ1) is 19.5. The monoisotopic (exact) mass is 404 g/mol. The zero-order valence-electron chi connectivity index (χ0n) is 15.1. The number of nitrogens with zero attached hydrogens (tertiary/aromatic N) is 1. The first-order chi connectivity index (χ1) is 12.0. The van der Waals surface area contributed by atoms with E-state index in [0.717, 1.165) is 22.1 Å². The average Bonchev–Trinajstić information content (AvgIpc) is 2.62. The lowest BCUT2D eigenvalue weighted by atomic mass is 10.0. The van der Waals surface area contributed by atoms with Gasteiger partial charge in [-0.1, -0.05) is 47.1 Å². The van der Waals surface area contributed by atoms with E-state index in [0.29, 0.717) is 19.1 Å². The van der Waals surface area contributed by atoms with Gasteiger partial charge >= 0.3 is 0 Å². The highest BCUT2D eigenvalue weighted by molar-refractivity contribution is 9.10. The van der Waals surface area contributed by atoms with Crippen molar-refractivity contribution >= 4 is 27.5 Å². The molecular formula is C20H27BrN3O+. The minimum atomic E-state index is 0.0623. The Kier molecular flexibility index (Phi) is 7.47. The van der Waals surface area contributed by atoms with E-state index >= 15 is 0 Å². The molecule has 5 heteroatoms. The summed E-state index contributed by atoms with van der Waals surface area (Å²) < 4.78 is 1.07. The van der Waals surface area contributed by atoms with Crippen LogP contribution >= 0.6 is 15.9 Å². The lowest BCUT2D eigenvalue weighted by Crippen LogP contribution is -2.87. The van der Waals surface area contributed by atoms with Crippen LogP contribution in [0.15, 0.2) is 53.0 Å². The van der Waals surface area contributed by atoms with E-state index < -0.39 is 0 Å². The maximum absolute atomic E-state index is 12.1. The van der Waals surface area contributed by atoms with Gasteiger partial charge in [0.05, 0.1) is 0 Å². The van der Waals surface area contributed by atoms with E-state index in [1.54, 1.807) is 0 Å². The highest BCUT2D eigenvalue weighted by atomic mass is 79.9. The van der Waals surface area contributed by atoms with Gasteiger partial charge in [-0.3, -0.25) is 4.79 Å². The van der Waals surface area contributed by atoms with Gasteiger partial charge in [0, 0.05) is 42.8 Å². The molecule has 0 aliphatic rings. The molecule has 0 spiro atoms. The molecule has 25 heavy (non-hydrogen) atoms. The average molecular weight is 405 g/mol. The van der Waals surface area contributed by atoms with Crippen LogP contribution in [0, 0.1) is 0 Å². The number of hydrogen-bond donors (Lipinski definition) is 2. The van der Waals surface area contributed by atoms with E-state index in [2.05, 4.69) is 74.8 Å². The van der Waals surface area contributed by atoms with Gasteiger partial charge in [0.2, 0.25) is 0 Å². The molecule has 4 nitrogen and oxygen atoms in total. The molecule has 0 saturated carbocycles. The number of anilines is 1. The predicted octanol–water partition coefficient (Wildman–Crippen LogP) is 2.85. The first-order valence-corrected chi connectivity index (χ1v) is 9.40. The molecule has 2 rings (SSSR count). The Morgan fingerprint density at radius 3 is 2.32 bits per heavy atom.